The van der Waals surface area contributed by atoms with Crippen LogP contribution in [0.15, 0.2) is 18.2 Å². The monoisotopic (exact) mass is 263 g/mol. The molecule has 3 nitrogen and oxygen atoms in total. The largest absolute Gasteiger partial charge is 0.490 e. The van der Waals surface area contributed by atoms with E-state index in [1.807, 2.05) is 40.0 Å². The molecule has 0 spiro atoms. The maximum atomic E-state index is 10.3. The van der Waals surface area contributed by atoms with Gasteiger partial charge in [0.2, 0.25) is 0 Å². The van der Waals surface area contributed by atoms with E-state index >= 15 is 0 Å². The smallest absolute Gasteiger partial charge is 0.122 e. The van der Waals surface area contributed by atoms with Crippen molar-refractivity contribution < 1.29 is 9.84 Å². The van der Waals surface area contributed by atoms with Crippen molar-refractivity contribution in [3.8, 4) is 5.75 Å². The molecule has 0 aliphatic heterocycles. The number of nitrogens with one attached hydrogen (secondary N) is 1. The number of hydrogen-bond acceptors (Lipinski definition) is 3. The van der Waals surface area contributed by atoms with Crippen molar-refractivity contribution in [3.63, 3.8) is 0 Å². The summed E-state index contributed by atoms with van der Waals surface area (Å²) < 4.78 is 5.89. The molecule has 0 aromatic heterocycles. The molecule has 19 heavy (non-hydrogen) atoms. The van der Waals surface area contributed by atoms with Crippen LogP contribution in [0.3, 0.4) is 0 Å². The summed E-state index contributed by atoms with van der Waals surface area (Å²) in [6, 6.07) is 6.64. The Balaban J connectivity index is 2.13. The van der Waals surface area contributed by atoms with Crippen LogP contribution in [0.2, 0.25) is 0 Å². The molecule has 0 fully saturated rings. The molecule has 0 saturated carbocycles. The van der Waals surface area contributed by atoms with Crippen molar-refractivity contribution in [1.82, 2.24) is 5.32 Å². The normalized spacial score (nSPS) is 21.3. The van der Waals surface area contributed by atoms with Crippen molar-refractivity contribution in [3.05, 3.63) is 29.3 Å². The molecule has 106 valence electrons. The van der Waals surface area contributed by atoms with Gasteiger partial charge in [-0.25, -0.2) is 0 Å². The minimum Gasteiger partial charge on any atom is -0.490 e. The van der Waals surface area contributed by atoms with Crippen LogP contribution in [0.4, 0.5) is 0 Å². The lowest BCUT2D eigenvalue weighted by Crippen LogP contribution is -2.37. The average Bonchev–Trinajstić information content (AvgIpc) is 2.79. The molecule has 0 bridgehead atoms. The molecular formula is C16H25NO2. The maximum Gasteiger partial charge on any atom is 0.122 e. The van der Waals surface area contributed by atoms with E-state index in [2.05, 4.69) is 11.4 Å². The van der Waals surface area contributed by atoms with E-state index in [9.17, 15) is 5.11 Å². The van der Waals surface area contributed by atoms with Crippen LogP contribution in [0, 0.1) is 5.92 Å². The first-order chi connectivity index (χ1) is 8.95. The summed E-state index contributed by atoms with van der Waals surface area (Å²) in [5.41, 5.74) is 1.84. The van der Waals surface area contributed by atoms with Crippen LogP contribution >= 0.6 is 0 Å². The molecule has 0 saturated heterocycles. The molecule has 0 heterocycles. The van der Waals surface area contributed by atoms with Crippen molar-refractivity contribution in [2.75, 3.05) is 13.7 Å². The lowest BCUT2D eigenvalue weighted by atomic mass is 9.94. The van der Waals surface area contributed by atoms with E-state index in [1.54, 1.807) is 0 Å². The van der Waals surface area contributed by atoms with Crippen LogP contribution in [-0.4, -0.2) is 24.4 Å². The second kappa shape index (κ2) is 5.51. The Bertz CT molecular complexity index is 440. The van der Waals surface area contributed by atoms with E-state index < -0.39 is 5.60 Å². The van der Waals surface area contributed by atoms with Crippen LogP contribution < -0.4 is 10.1 Å². The molecule has 0 radical (unpaired) electrons. The van der Waals surface area contributed by atoms with Crippen LogP contribution in [0.1, 0.15) is 44.4 Å². The van der Waals surface area contributed by atoms with Gasteiger partial charge >= 0.3 is 0 Å². The predicted octanol–water partition coefficient (Wildman–Crippen LogP) is 2.68. The summed E-state index contributed by atoms with van der Waals surface area (Å²) in [6.45, 7) is 6.19. The summed E-state index contributed by atoms with van der Waals surface area (Å²) in [5.74, 6) is 1.10. The third-order valence-electron chi connectivity index (χ3n) is 4.34. The van der Waals surface area contributed by atoms with Crippen LogP contribution in [0.25, 0.3) is 0 Å². The van der Waals surface area contributed by atoms with Crippen LogP contribution in [-0.2, 0) is 6.42 Å². The predicted molar refractivity (Wildman–Crippen MR) is 77.5 cm³/mol. The summed E-state index contributed by atoms with van der Waals surface area (Å²) in [6.07, 6.45) is 2.16. The molecule has 1 aliphatic carbocycles. The highest BCUT2D eigenvalue weighted by molar-refractivity contribution is 5.45. The van der Waals surface area contributed by atoms with Crippen molar-refractivity contribution >= 4 is 0 Å². The fourth-order valence-electron chi connectivity index (χ4n) is 2.45. The minimum absolute atomic E-state index is 0.175. The van der Waals surface area contributed by atoms with Gasteiger partial charge in [-0.15, -0.1) is 0 Å². The number of fused-ring (bicyclic) bond motifs is 1. The standard InChI is InChI=1S/C16H25NO2/c1-11(2)16(3,18)10-19-15-7-5-6-12-13(15)8-9-14(12)17-4/h5-7,11,14,17-18H,8-10H2,1-4H3. The number of rotatable bonds is 5. The van der Waals surface area contributed by atoms with Crippen molar-refractivity contribution in [2.24, 2.45) is 5.92 Å². The number of aliphatic hydroxyl groups is 1. The summed E-state index contributed by atoms with van der Waals surface area (Å²) >= 11 is 0. The highest BCUT2D eigenvalue weighted by atomic mass is 16.5. The van der Waals surface area contributed by atoms with Crippen molar-refractivity contribution in [1.29, 1.82) is 0 Å². The fourth-order valence-corrected chi connectivity index (χ4v) is 2.45. The van der Waals surface area contributed by atoms with E-state index in [4.69, 9.17) is 4.74 Å². The second-order valence-corrected chi connectivity index (χ2v) is 6.00. The van der Waals surface area contributed by atoms with E-state index in [1.165, 1.54) is 11.1 Å². The zero-order valence-corrected chi connectivity index (χ0v) is 12.4. The highest BCUT2D eigenvalue weighted by Crippen LogP contribution is 2.37. The molecule has 1 aromatic carbocycles. The van der Waals surface area contributed by atoms with Gasteiger partial charge in [0.1, 0.15) is 12.4 Å². The Labute approximate surface area is 116 Å². The molecule has 2 rings (SSSR count). The lowest BCUT2D eigenvalue weighted by molar-refractivity contribution is -0.0268. The average molecular weight is 263 g/mol. The molecule has 1 aliphatic rings. The van der Waals surface area contributed by atoms with E-state index in [0.717, 1.165) is 18.6 Å². The van der Waals surface area contributed by atoms with Crippen molar-refractivity contribution in [2.45, 2.75) is 45.3 Å². The molecule has 2 unspecified atom stereocenters. The Hall–Kier alpha value is -1.06. The van der Waals surface area contributed by atoms with E-state index in [0.29, 0.717) is 12.6 Å². The zero-order valence-electron chi connectivity index (χ0n) is 12.4. The Kier molecular flexibility index (Phi) is 4.16. The first-order valence-electron chi connectivity index (χ1n) is 7.10. The topological polar surface area (TPSA) is 41.5 Å². The van der Waals surface area contributed by atoms with E-state index in [-0.39, 0.29) is 5.92 Å². The van der Waals surface area contributed by atoms with Gasteiger partial charge in [-0.3, -0.25) is 0 Å². The molecule has 2 N–H and O–H groups in total. The van der Waals surface area contributed by atoms with Gasteiger partial charge in [-0.2, -0.15) is 0 Å². The Morgan fingerprint density at radius 2 is 2.21 bits per heavy atom. The zero-order chi connectivity index (χ0) is 14.0. The Morgan fingerprint density at radius 3 is 2.84 bits per heavy atom. The number of benzene rings is 1. The van der Waals surface area contributed by atoms with Crippen LogP contribution in [0.5, 0.6) is 5.75 Å². The molecule has 0 amide bonds. The van der Waals surface area contributed by atoms with Gasteiger partial charge in [-0.05, 0) is 49.9 Å². The second-order valence-electron chi connectivity index (χ2n) is 6.00. The summed E-state index contributed by atoms with van der Waals surface area (Å²) in [4.78, 5) is 0. The van der Waals surface area contributed by atoms with Gasteiger partial charge in [0, 0.05) is 6.04 Å². The molecular weight excluding hydrogens is 238 g/mol. The highest BCUT2D eigenvalue weighted by Gasteiger charge is 2.28. The Morgan fingerprint density at radius 1 is 1.47 bits per heavy atom. The molecule has 2 atom stereocenters. The molecule has 3 heteroatoms. The van der Waals surface area contributed by atoms with Gasteiger partial charge in [-0.1, -0.05) is 26.0 Å². The summed E-state index contributed by atoms with van der Waals surface area (Å²) in [5, 5.41) is 13.6. The van der Waals surface area contributed by atoms with Gasteiger partial charge in [0.25, 0.3) is 0 Å². The SMILES string of the molecule is CNC1CCc2c(OCC(C)(O)C(C)C)cccc21. The number of ether oxygens (including phenoxy) is 1. The number of hydrogen-bond donors (Lipinski definition) is 2. The quantitative estimate of drug-likeness (QED) is 0.858. The fraction of sp³-hybridized carbons (Fsp3) is 0.625. The third-order valence-corrected chi connectivity index (χ3v) is 4.34. The minimum atomic E-state index is -0.788. The third kappa shape index (κ3) is 2.93. The first-order valence-corrected chi connectivity index (χ1v) is 7.10. The lowest BCUT2D eigenvalue weighted by Gasteiger charge is -2.28. The molecule has 1 aromatic rings. The van der Waals surface area contributed by atoms with Gasteiger partial charge < -0.3 is 15.2 Å². The first kappa shape index (κ1) is 14.4. The summed E-state index contributed by atoms with van der Waals surface area (Å²) in [7, 11) is 2.00. The van der Waals surface area contributed by atoms with Gasteiger partial charge in [0.05, 0.1) is 5.60 Å². The van der Waals surface area contributed by atoms with Gasteiger partial charge in [0.15, 0.2) is 0 Å². The maximum absolute atomic E-state index is 10.3.